The number of nitriles is 1. The number of nitrogens with zero attached hydrogens (tertiary/aromatic N) is 4. The van der Waals surface area contributed by atoms with Crippen LogP contribution in [0.3, 0.4) is 0 Å². The highest BCUT2D eigenvalue weighted by molar-refractivity contribution is 9.08. The number of benzene rings is 1. The number of hydrogen-bond acceptors (Lipinski definition) is 4. The van der Waals surface area contributed by atoms with Crippen LogP contribution in [-0.2, 0) is 5.33 Å². The summed E-state index contributed by atoms with van der Waals surface area (Å²) in [5, 5.41) is 13.5. The Kier molecular flexibility index (Phi) is 4.59. The first-order chi connectivity index (χ1) is 10.5. The van der Waals surface area contributed by atoms with Crippen LogP contribution in [0.15, 0.2) is 18.2 Å². The first-order valence-electron chi connectivity index (χ1n) is 6.26. The number of alkyl halides is 1. The Bertz CT molecular complexity index is 795. The van der Waals surface area contributed by atoms with Crippen molar-refractivity contribution in [2.75, 3.05) is 0 Å². The van der Waals surface area contributed by atoms with Crippen molar-refractivity contribution >= 4 is 27.5 Å². The fraction of sp³-hybridized carbons (Fsp3) is 0.200. The second kappa shape index (κ2) is 6.42. The van der Waals surface area contributed by atoms with E-state index in [-0.39, 0.29) is 5.91 Å². The van der Waals surface area contributed by atoms with Crippen molar-refractivity contribution in [2.24, 2.45) is 0 Å². The van der Waals surface area contributed by atoms with Gasteiger partial charge in [0.2, 0.25) is 5.91 Å². The van der Waals surface area contributed by atoms with Gasteiger partial charge in [-0.1, -0.05) is 15.9 Å². The summed E-state index contributed by atoms with van der Waals surface area (Å²) < 4.78 is 7.05. The van der Waals surface area contributed by atoms with Gasteiger partial charge in [-0.3, -0.25) is 4.79 Å². The van der Waals surface area contributed by atoms with E-state index < -0.39 is 0 Å². The Balaban J connectivity index is 2.50. The van der Waals surface area contributed by atoms with Crippen LogP contribution in [0.1, 0.15) is 28.7 Å². The molecule has 0 atom stereocenters. The zero-order chi connectivity index (χ0) is 16.3. The average molecular weight is 359 g/mol. The van der Waals surface area contributed by atoms with Crippen molar-refractivity contribution < 1.29 is 9.53 Å². The minimum atomic E-state index is -0.222. The molecule has 0 amide bonds. The van der Waals surface area contributed by atoms with Gasteiger partial charge < -0.3 is 4.74 Å². The van der Waals surface area contributed by atoms with Gasteiger partial charge in [0.15, 0.2) is 11.4 Å². The summed E-state index contributed by atoms with van der Waals surface area (Å²) in [6.07, 6.45) is 0. The topological polar surface area (TPSA) is 72.3 Å². The fourth-order valence-electron chi connectivity index (χ4n) is 1.96. The number of carbonyl (C=O) groups is 1. The minimum absolute atomic E-state index is 0.222. The first-order valence-corrected chi connectivity index (χ1v) is 7.38. The van der Waals surface area contributed by atoms with Crippen LogP contribution in [0.25, 0.3) is 4.85 Å². The molecule has 6 nitrogen and oxygen atoms in total. The van der Waals surface area contributed by atoms with Crippen LogP contribution >= 0.6 is 15.9 Å². The van der Waals surface area contributed by atoms with Crippen molar-refractivity contribution in [3.05, 3.63) is 46.6 Å². The maximum Gasteiger partial charge on any atom is 0.244 e. The van der Waals surface area contributed by atoms with E-state index in [4.69, 9.17) is 16.6 Å². The van der Waals surface area contributed by atoms with E-state index in [1.165, 1.54) is 29.8 Å². The lowest BCUT2D eigenvalue weighted by molar-refractivity contribution is 0.0918. The van der Waals surface area contributed by atoms with Crippen LogP contribution in [0.5, 0.6) is 11.5 Å². The number of rotatable bonds is 3. The fourth-order valence-corrected chi connectivity index (χ4v) is 2.45. The van der Waals surface area contributed by atoms with Crippen molar-refractivity contribution in [3.63, 3.8) is 0 Å². The molecule has 1 heterocycles. The van der Waals surface area contributed by atoms with Gasteiger partial charge in [-0.15, -0.1) is 0 Å². The third-order valence-electron chi connectivity index (χ3n) is 2.89. The molecule has 0 bridgehead atoms. The predicted molar refractivity (Wildman–Crippen MR) is 83.4 cm³/mol. The van der Waals surface area contributed by atoms with Gasteiger partial charge in [-0.25, -0.2) is 9.53 Å². The van der Waals surface area contributed by atoms with Gasteiger partial charge in [0.25, 0.3) is 0 Å². The van der Waals surface area contributed by atoms with Crippen molar-refractivity contribution in [2.45, 2.75) is 19.2 Å². The lowest BCUT2D eigenvalue weighted by Gasteiger charge is -2.08. The molecule has 2 rings (SSSR count). The predicted octanol–water partition coefficient (Wildman–Crippen LogP) is 3.96. The molecule has 7 heteroatoms. The second-order valence-corrected chi connectivity index (χ2v) is 5.03. The molecule has 110 valence electrons. The standard InChI is InChI=1S/C15H11BrN4O2/c1-9-15(14(7-16)20(19-9)10(2)21)22-13-5-11(8-17)4-12(6-13)18-3/h4-6H,7H2,1-2H3. The number of halogens is 1. The molecule has 2 aromatic rings. The zero-order valence-electron chi connectivity index (χ0n) is 11.9. The third kappa shape index (κ3) is 3.00. The largest absolute Gasteiger partial charge is 0.455 e. The number of carbonyl (C=O) groups excluding carboxylic acids is 1. The average Bonchev–Trinajstić information content (AvgIpc) is 2.83. The summed E-state index contributed by atoms with van der Waals surface area (Å²) in [7, 11) is 0. The third-order valence-corrected chi connectivity index (χ3v) is 3.42. The lowest BCUT2D eigenvalue weighted by atomic mass is 10.2. The number of hydrogen-bond donors (Lipinski definition) is 0. The molecular weight excluding hydrogens is 348 g/mol. The summed E-state index contributed by atoms with van der Waals surface area (Å²) in [6, 6.07) is 6.55. The SMILES string of the molecule is [C-]#[N+]c1cc(C#N)cc(Oc2c(C)nn(C(C)=O)c2CBr)c1. The maximum absolute atomic E-state index is 11.6. The molecule has 0 aliphatic carbocycles. The highest BCUT2D eigenvalue weighted by Crippen LogP contribution is 2.33. The number of ether oxygens (including phenoxy) is 1. The molecule has 0 aliphatic rings. The Hall–Kier alpha value is -2.64. The van der Waals surface area contributed by atoms with Crippen LogP contribution < -0.4 is 4.74 Å². The smallest absolute Gasteiger partial charge is 0.244 e. The molecule has 0 fully saturated rings. The zero-order valence-corrected chi connectivity index (χ0v) is 13.5. The van der Waals surface area contributed by atoms with Crippen molar-refractivity contribution in [1.82, 2.24) is 9.78 Å². The summed E-state index contributed by atoms with van der Waals surface area (Å²) >= 11 is 3.32. The van der Waals surface area contributed by atoms with Gasteiger partial charge in [-0.05, 0) is 25.1 Å². The van der Waals surface area contributed by atoms with Gasteiger partial charge in [0.1, 0.15) is 17.1 Å². The Morgan fingerprint density at radius 3 is 2.82 bits per heavy atom. The van der Waals surface area contributed by atoms with E-state index in [0.717, 1.165) is 0 Å². The normalized spacial score (nSPS) is 9.86. The van der Waals surface area contributed by atoms with Gasteiger partial charge in [-0.2, -0.15) is 10.4 Å². The van der Waals surface area contributed by atoms with Crippen LogP contribution in [-0.4, -0.2) is 15.7 Å². The highest BCUT2D eigenvalue weighted by Gasteiger charge is 2.19. The van der Waals surface area contributed by atoms with Gasteiger partial charge in [0.05, 0.1) is 12.6 Å². The molecule has 0 spiro atoms. The molecule has 0 radical (unpaired) electrons. The van der Waals surface area contributed by atoms with E-state index in [0.29, 0.717) is 39.5 Å². The molecule has 1 aromatic heterocycles. The molecule has 0 aliphatic heterocycles. The summed E-state index contributed by atoms with van der Waals surface area (Å²) in [5.74, 6) is 0.580. The van der Waals surface area contributed by atoms with Crippen molar-refractivity contribution in [1.29, 1.82) is 5.26 Å². The minimum Gasteiger partial charge on any atom is -0.455 e. The van der Waals surface area contributed by atoms with Crippen molar-refractivity contribution in [3.8, 4) is 17.6 Å². The van der Waals surface area contributed by atoms with Gasteiger partial charge >= 0.3 is 0 Å². The van der Waals surface area contributed by atoms with Crippen LogP contribution in [0.2, 0.25) is 0 Å². The Morgan fingerprint density at radius 2 is 2.27 bits per heavy atom. The molecule has 0 unspecified atom stereocenters. The quantitative estimate of drug-likeness (QED) is 0.614. The highest BCUT2D eigenvalue weighted by atomic mass is 79.9. The maximum atomic E-state index is 11.6. The lowest BCUT2D eigenvalue weighted by Crippen LogP contribution is -2.10. The number of aromatic nitrogens is 2. The first kappa shape index (κ1) is 15.7. The molecule has 22 heavy (non-hydrogen) atoms. The summed E-state index contributed by atoms with van der Waals surface area (Å²) in [5.41, 5.74) is 1.78. The Morgan fingerprint density at radius 1 is 1.55 bits per heavy atom. The van der Waals surface area contributed by atoms with Crippen LogP contribution in [0, 0.1) is 24.8 Å². The summed E-state index contributed by atoms with van der Waals surface area (Å²) in [4.78, 5) is 14.9. The van der Waals surface area contributed by atoms with Crippen LogP contribution in [0.4, 0.5) is 5.69 Å². The number of aryl methyl sites for hydroxylation is 1. The molecular formula is C15H11BrN4O2. The molecule has 0 saturated carbocycles. The van der Waals surface area contributed by atoms with E-state index in [1.807, 2.05) is 6.07 Å². The van der Waals surface area contributed by atoms with E-state index in [2.05, 4.69) is 25.9 Å². The Labute approximate surface area is 135 Å². The van der Waals surface area contributed by atoms with E-state index in [9.17, 15) is 4.79 Å². The van der Waals surface area contributed by atoms with E-state index in [1.54, 1.807) is 6.92 Å². The monoisotopic (exact) mass is 358 g/mol. The van der Waals surface area contributed by atoms with Gasteiger partial charge in [0, 0.05) is 17.8 Å². The molecule has 0 saturated heterocycles. The second-order valence-electron chi connectivity index (χ2n) is 4.47. The summed E-state index contributed by atoms with van der Waals surface area (Å²) in [6.45, 7) is 10.2. The molecule has 0 N–H and O–H groups in total. The van der Waals surface area contributed by atoms with E-state index >= 15 is 0 Å². The molecule has 1 aromatic carbocycles.